The topological polar surface area (TPSA) is 96.9 Å². The Bertz CT molecular complexity index is 631. The molecule has 0 heterocycles. The highest BCUT2D eigenvalue weighted by atomic mass is 16.5. The number of carboxylic acid groups (broad SMARTS) is 1. The Hall–Kier alpha value is -2.28. The van der Waals surface area contributed by atoms with Crippen LogP contribution in [-0.4, -0.2) is 48.0 Å². The average Bonchev–Trinajstić information content (AvgIpc) is 2.66. The van der Waals surface area contributed by atoms with Crippen molar-refractivity contribution in [3.63, 3.8) is 0 Å². The van der Waals surface area contributed by atoms with Gasteiger partial charge in [0.05, 0.1) is 18.1 Å². The van der Waals surface area contributed by atoms with Gasteiger partial charge in [-0.1, -0.05) is 18.2 Å². The summed E-state index contributed by atoms with van der Waals surface area (Å²) in [5, 5.41) is 15.0. The molecule has 7 heteroatoms. The molecule has 3 unspecified atom stereocenters. The molecule has 2 amide bonds. The first-order valence-corrected chi connectivity index (χ1v) is 9.70. The quantitative estimate of drug-likeness (QED) is 0.680. The van der Waals surface area contributed by atoms with Crippen LogP contribution in [0.1, 0.15) is 39.0 Å². The first-order valence-electron chi connectivity index (χ1n) is 9.70. The summed E-state index contributed by atoms with van der Waals surface area (Å²) in [4.78, 5) is 23.4. The van der Waals surface area contributed by atoms with Gasteiger partial charge in [0.2, 0.25) is 0 Å². The second-order valence-electron chi connectivity index (χ2n) is 7.24. The second-order valence-corrected chi connectivity index (χ2v) is 7.24. The van der Waals surface area contributed by atoms with Crippen molar-refractivity contribution in [1.29, 1.82) is 0 Å². The molecule has 27 heavy (non-hydrogen) atoms. The van der Waals surface area contributed by atoms with Crippen LogP contribution in [0.2, 0.25) is 0 Å². The molecule has 3 N–H and O–H groups in total. The van der Waals surface area contributed by atoms with Crippen LogP contribution in [-0.2, 0) is 9.53 Å². The van der Waals surface area contributed by atoms with Gasteiger partial charge in [-0.3, -0.25) is 4.79 Å². The van der Waals surface area contributed by atoms with Crippen LogP contribution < -0.4 is 15.4 Å². The number of amides is 2. The van der Waals surface area contributed by atoms with E-state index in [4.69, 9.17) is 14.6 Å². The average molecular weight is 376 g/mol. The van der Waals surface area contributed by atoms with Crippen LogP contribution in [0.25, 0.3) is 0 Å². The summed E-state index contributed by atoms with van der Waals surface area (Å²) in [5.41, 5.74) is 0. The van der Waals surface area contributed by atoms with Crippen molar-refractivity contribution in [3.8, 4) is 5.75 Å². The van der Waals surface area contributed by atoms with Crippen molar-refractivity contribution in [3.05, 3.63) is 30.3 Å². The number of rotatable bonds is 7. The molecule has 0 saturated heterocycles. The number of hydrogen-bond donors (Lipinski definition) is 3. The maximum absolute atomic E-state index is 12.4. The van der Waals surface area contributed by atoms with Crippen molar-refractivity contribution in [1.82, 2.24) is 10.6 Å². The number of benzene rings is 1. The third-order valence-corrected chi connectivity index (χ3v) is 5.37. The molecular formula is C20H28N2O5. The van der Waals surface area contributed by atoms with Gasteiger partial charge in [0.1, 0.15) is 11.9 Å². The van der Waals surface area contributed by atoms with Gasteiger partial charge in [-0.15, -0.1) is 0 Å². The largest absolute Gasteiger partial charge is 0.486 e. The molecule has 0 aromatic heterocycles. The number of urea groups is 1. The standard InChI is InChI=1S/C20H28N2O5/c1-2-26-17-12-16(18(17)27-15-6-4-3-5-7-15)22-20(25)21-14-10-8-13(9-11-14)19(23)24/h3-7,13-14,16-18H,2,8-12H2,1H3,(H,23,24)(H2,21,22,25). The molecular weight excluding hydrogens is 348 g/mol. The highest BCUT2D eigenvalue weighted by molar-refractivity contribution is 5.75. The third-order valence-electron chi connectivity index (χ3n) is 5.37. The molecule has 3 rings (SSSR count). The predicted octanol–water partition coefficient (Wildman–Crippen LogP) is 2.55. The van der Waals surface area contributed by atoms with Crippen molar-refractivity contribution in [2.45, 2.75) is 63.3 Å². The number of carboxylic acids is 1. The Balaban J connectivity index is 1.48. The van der Waals surface area contributed by atoms with E-state index in [-0.39, 0.29) is 36.2 Å². The van der Waals surface area contributed by atoms with Gasteiger partial charge in [0.15, 0.2) is 0 Å². The van der Waals surface area contributed by atoms with Crippen LogP contribution in [0, 0.1) is 5.92 Å². The van der Waals surface area contributed by atoms with Crippen molar-refractivity contribution >= 4 is 12.0 Å². The van der Waals surface area contributed by atoms with Crippen LogP contribution in [0.15, 0.2) is 30.3 Å². The van der Waals surface area contributed by atoms with Crippen LogP contribution in [0.4, 0.5) is 4.79 Å². The van der Waals surface area contributed by atoms with E-state index in [0.29, 0.717) is 38.7 Å². The molecule has 0 aliphatic heterocycles. The SMILES string of the molecule is CCOC1CC(NC(=O)NC2CCC(C(=O)O)CC2)C1Oc1ccccc1. The maximum atomic E-state index is 12.4. The van der Waals surface area contributed by atoms with E-state index in [1.54, 1.807) is 0 Å². The highest BCUT2D eigenvalue weighted by Crippen LogP contribution is 2.29. The molecule has 0 radical (unpaired) electrons. The third kappa shape index (κ3) is 5.13. The number of hydrogen-bond acceptors (Lipinski definition) is 4. The molecule has 2 fully saturated rings. The number of nitrogens with one attached hydrogen (secondary N) is 2. The van der Waals surface area contributed by atoms with Crippen molar-refractivity contribution < 1.29 is 24.2 Å². The number of carbonyl (C=O) groups excluding carboxylic acids is 1. The first-order chi connectivity index (χ1) is 13.1. The van der Waals surface area contributed by atoms with E-state index in [1.807, 2.05) is 37.3 Å². The van der Waals surface area contributed by atoms with E-state index >= 15 is 0 Å². The van der Waals surface area contributed by atoms with Gasteiger partial charge in [-0.2, -0.15) is 0 Å². The summed E-state index contributed by atoms with van der Waals surface area (Å²) in [6.45, 7) is 2.55. The van der Waals surface area contributed by atoms with Gasteiger partial charge in [0, 0.05) is 19.1 Å². The maximum Gasteiger partial charge on any atom is 0.315 e. The summed E-state index contributed by atoms with van der Waals surface area (Å²) in [5.74, 6) is -0.269. The molecule has 2 saturated carbocycles. The fourth-order valence-electron chi connectivity index (χ4n) is 3.79. The predicted molar refractivity (Wildman–Crippen MR) is 99.7 cm³/mol. The summed E-state index contributed by atoms with van der Waals surface area (Å²) in [7, 11) is 0. The zero-order chi connectivity index (χ0) is 19.2. The van der Waals surface area contributed by atoms with Gasteiger partial charge in [-0.25, -0.2) is 4.79 Å². The lowest BCUT2D eigenvalue weighted by atomic mass is 9.85. The highest BCUT2D eigenvalue weighted by Gasteiger charge is 2.45. The van der Waals surface area contributed by atoms with Crippen molar-refractivity contribution in [2.24, 2.45) is 5.92 Å². The van der Waals surface area contributed by atoms with E-state index in [9.17, 15) is 9.59 Å². The molecule has 148 valence electrons. The molecule has 2 aliphatic rings. The van der Waals surface area contributed by atoms with Gasteiger partial charge >= 0.3 is 12.0 Å². The van der Waals surface area contributed by atoms with Crippen LogP contribution in [0.3, 0.4) is 0 Å². The first kappa shape index (κ1) is 19.5. The number of para-hydroxylation sites is 1. The smallest absolute Gasteiger partial charge is 0.315 e. The molecule has 0 spiro atoms. The fourth-order valence-corrected chi connectivity index (χ4v) is 3.79. The minimum atomic E-state index is -0.741. The molecule has 7 nitrogen and oxygen atoms in total. The van der Waals surface area contributed by atoms with E-state index < -0.39 is 5.97 Å². The lowest BCUT2D eigenvalue weighted by Crippen LogP contribution is -2.64. The van der Waals surface area contributed by atoms with Crippen LogP contribution >= 0.6 is 0 Å². The zero-order valence-electron chi connectivity index (χ0n) is 15.6. The summed E-state index contributed by atoms with van der Waals surface area (Å²) in [6, 6.07) is 9.21. The normalized spacial score (nSPS) is 30.0. The summed E-state index contributed by atoms with van der Waals surface area (Å²) >= 11 is 0. The second kappa shape index (κ2) is 9.08. The van der Waals surface area contributed by atoms with Gasteiger partial charge in [0.25, 0.3) is 0 Å². The minimum absolute atomic E-state index is 0.0249. The number of aliphatic carboxylic acids is 1. The molecule has 1 aromatic rings. The zero-order valence-corrected chi connectivity index (χ0v) is 15.6. The minimum Gasteiger partial charge on any atom is -0.486 e. The fraction of sp³-hybridized carbons (Fsp3) is 0.600. The van der Waals surface area contributed by atoms with E-state index in [2.05, 4.69) is 10.6 Å². The number of carbonyl (C=O) groups is 2. The Labute approximate surface area is 159 Å². The van der Waals surface area contributed by atoms with Gasteiger partial charge < -0.3 is 25.2 Å². The van der Waals surface area contributed by atoms with Crippen LogP contribution in [0.5, 0.6) is 5.75 Å². The molecule has 2 aliphatic carbocycles. The molecule has 1 aromatic carbocycles. The Kier molecular flexibility index (Phi) is 6.55. The summed E-state index contributed by atoms with van der Waals surface area (Å²) < 4.78 is 11.7. The van der Waals surface area contributed by atoms with Gasteiger partial charge in [-0.05, 0) is 44.7 Å². The monoisotopic (exact) mass is 376 g/mol. The molecule has 0 bridgehead atoms. The van der Waals surface area contributed by atoms with E-state index in [1.165, 1.54) is 0 Å². The Morgan fingerprint density at radius 3 is 2.44 bits per heavy atom. The molecule has 3 atom stereocenters. The summed E-state index contributed by atoms with van der Waals surface area (Å²) in [6.07, 6.45) is 3.06. The Morgan fingerprint density at radius 2 is 1.81 bits per heavy atom. The number of ether oxygens (including phenoxy) is 2. The van der Waals surface area contributed by atoms with E-state index in [0.717, 1.165) is 5.75 Å². The van der Waals surface area contributed by atoms with Crippen molar-refractivity contribution in [2.75, 3.05) is 6.61 Å². The Morgan fingerprint density at radius 1 is 1.11 bits per heavy atom. The lowest BCUT2D eigenvalue weighted by molar-refractivity contribution is -0.142. The lowest BCUT2D eigenvalue weighted by Gasteiger charge is -2.44.